The third-order valence-electron chi connectivity index (χ3n) is 6.55. The fraction of sp³-hybridized carbons (Fsp3) is 0.320. The molecule has 1 aliphatic rings. The van der Waals surface area contributed by atoms with E-state index in [2.05, 4.69) is 25.2 Å². The minimum atomic E-state index is -4.49. The number of benzene rings is 1. The molecule has 1 saturated heterocycles. The first kappa shape index (κ1) is 25.8. The highest BCUT2D eigenvalue weighted by atomic mass is 32.1. The molecule has 3 aromatic heterocycles. The van der Waals surface area contributed by atoms with E-state index >= 15 is 0 Å². The van der Waals surface area contributed by atoms with Crippen LogP contribution in [0.5, 0.6) is 0 Å². The van der Waals surface area contributed by atoms with Gasteiger partial charge in [0, 0.05) is 80.2 Å². The first-order valence-electron chi connectivity index (χ1n) is 11.9. The number of rotatable bonds is 8. The van der Waals surface area contributed by atoms with Gasteiger partial charge in [-0.25, -0.2) is 15.0 Å². The largest absolute Gasteiger partial charge is 0.419 e. The van der Waals surface area contributed by atoms with E-state index in [1.165, 1.54) is 11.3 Å². The van der Waals surface area contributed by atoms with E-state index in [9.17, 15) is 22.8 Å². The van der Waals surface area contributed by atoms with Gasteiger partial charge < -0.3 is 15.0 Å². The van der Waals surface area contributed by atoms with Crippen LogP contribution in [0.4, 0.5) is 18.9 Å². The fourth-order valence-corrected chi connectivity index (χ4v) is 5.02. The molecule has 0 aliphatic carbocycles. The second-order valence-corrected chi connectivity index (χ2v) is 9.59. The molecule has 1 fully saturated rings. The summed E-state index contributed by atoms with van der Waals surface area (Å²) in [5.41, 5.74) is 2.80. The maximum Gasteiger partial charge on any atom is 0.419 e. The lowest BCUT2D eigenvalue weighted by atomic mass is 10.1. The summed E-state index contributed by atoms with van der Waals surface area (Å²) < 4.78 is 40.1. The molecule has 0 bridgehead atoms. The molecule has 1 N–H and O–H groups in total. The van der Waals surface area contributed by atoms with Crippen molar-refractivity contribution in [3.8, 4) is 5.95 Å². The summed E-state index contributed by atoms with van der Waals surface area (Å²) in [6, 6.07) is 7.44. The molecule has 5 rings (SSSR count). The number of carbonyl (C=O) groups is 2. The van der Waals surface area contributed by atoms with E-state index in [-0.39, 0.29) is 17.9 Å². The second-order valence-electron chi connectivity index (χ2n) is 8.87. The van der Waals surface area contributed by atoms with Crippen molar-refractivity contribution in [2.24, 2.45) is 0 Å². The minimum Gasteiger partial charge on any atom is -0.383 e. The van der Waals surface area contributed by atoms with E-state index in [0.29, 0.717) is 44.8 Å². The lowest BCUT2D eigenvalue weighted by Crippen LogP contribution is -2.53. The number of aromatic nitrogens is 4. The van der Waals surface area contributed by atoms with Gasteiger partial charge in [0.05, 0.1) is 16.6 Å². The molecule has 198 valence electrons. The van der Waals surface area contributed by atoms with Crippen molar-refractivity contribution in [3.63, 3.8) is 0 Å². The molecular formula is C25H24F3N7O2S. The number of hydrogen-bond donors (Lipinski definition) is 1. The van der Waals surface area contributed by atoms with Gasteiger partial charge in [0.1, 0.15) is 12.0 Å². The van der Waals surface area contributed by atoms with Crippen LogP contribution in [-0.4, -0.2) is 80.3 Å². The van der Waals surface area contributed by atoms with Gasteiger partial charge in [-0.1, -0.05) is 0 Å². The Bertz CT molecular complexity index is 1400. The maximum atomic E-state index is 12.8. The van der Waals surface area contributed by atoms with Crippen LogP contribution in [0, 0.1) is 0 Å². The molecule has 1 unspecified atom stereocenters. The summed E-state index contributed by atoms with van der Waals surface area (Å²) in [7, 11) is 0. The van der Waals surface area contributed by atoms with E-state index in [0.717, 1.165) is 35.3 Å². The van der Waals surface area contributed by atoms with Crippen LogP contribution >= 0.6 is 11.3 Å². The zero-order valence-electron chi connectivity index (χ0n) is 20.1. The van der Waals surface area contributed by atoms with Crippen LogP contribution in [0.2, 0.25) is 0 Å². The normalized spacial score (nSPS) is 15.5. The first-order valence-corrected chi connectivity index (χ1v) is 12.9. The third-order valence-corrected chi connectivity index (χ3v) is 7.14. The molecule has 0 radical (unpaired) electrons. The zero-order valence-corrected chi connectivity index (χ0v) is 21.0. The number of nitrogens with one attached hydrogen (secondary N) is 1. The van der Waals surface area contributed by atoms with Crippen molar-refractivity contribution in [3.05, 3.63) is 65.0 Å². The van der Waals surface area contributed by atoms with Gasteiger partial charge in [-0.2, -0.15) is 13.2 Å². The molecule has 38 heavy (non-hydrogen) atoms. The predicted octanol–water partition coefficient (Wildman–Crippen LogP) is 3.72. The van der Waals surface area contributed by atoms with Crippen LogP contribution in [0.1, 0.15) is 22.5 Å². The van der Waals surface area contributed by atoms with Gasteiger partial charge in [-0.15, -0.1) is 11.3 Å². The van der Waals surface area contributed by atoms with Crippen LogP contribution in [0.3, 0.4) is 0 Å². The Morgan fingerprint density at radius 3 is 2.53 bits per heavy atom. The van der Waals surface area contributed by atoms with Gasteiger partial charge in [-0.3, -0.25) is 14.3 Å². The Morgan fingerprint density at radius 2 is 1.87 bits per heavy atom. The van der Waals surface area contributed by atoms with Gasteiger partial charge >= 0.3 is 6.18 Å². The Balaban J connectivity index is 1.22. The van der Waals surface area contributed by atoms with Crippen molar-refractivity contribution in [1.82, 2.24) is 29.3 Å². The smallest absolute Gasteiger partial charge is 0.383 e. The monoisotopic (exact) mass is 543 g/mol. The Hall–Kier alpha value is -3.84. The Labute approximate surface area is 219 Å². The number of piperazine rings is 1. The molecule has 0 spiro atoms. The van der Waals surface area contributed by atoms with Crippen LogP contribution in [0.25, 0.3) is 16.9 Å². The number of alkyl halides is 3. The number of hydrogen-bond acceptors (Lipinski definition) is 8. The summed E-state index contributed by atoms with van der Waals surface area (Å²) in [4.78, 5) is 39.8. The molecule has 1 atom stereocenters. The average molecular weight is 544 g/mol. The van der Waals surface area contributed by atoms with Gasteiger partial charge in [0.25, 0.3) is 5.91 Å². The van der Waals surface area contributed by atoms with Crippen LogP contribution in [0.15, 0.2) is 53.7 Å². The maximum absolute atomic E-state index is 12.8. The molecule has 4 heterocycles. The van der Waals surface area contributed by atoms with Crippen molar-refractivity contribution in [1.29, 1.82) is 0 Å². The van der Waals surface area contributed by atoms with Crippen molar-refractivity contribution < 1.29 is 22.8 Å². The number of thiazole rings is 1. The van der Waals surface area contributed by atoms with E-state index in [1.54, 1.807) is 26.6 Å². The van der Waals surface area contributed by atoms with Crippen LogP contribution in [-0.2, 0) is 11.0 Å². The van der Waals surface area contributed by atoms with E-state index in [4.69, 9.17) is 0 Å². The van der Waals surface area contributed by atoms with Crippen LogP contribution < -0.4 is 5.32 Å². The summed E-state index contributed by atoms with van der Waals surface area (Å²) in [6.45, 7) is 2.98. The zero-order chi connectivity index (χ0) is 26.7. The number of fused-ring (bicyclic) bond motifs is 1. The van der Waals surface area contributed by atoms with Gasteiger partial charge in [0.15, 0.2) is 0 Å². The van der Waals surface area contributed by atoms with Crippen molar-refractivity contribution in [2.45, 2.75) is 18.6 Å². The molecule has 1 amide bonds. The molecule has 4 aromatic rings. The SMILES string of the molecule is O=CCC(CNc1ccc2c(ccn2-c2ncc(C(F)(F)F)cn2)c1)N1CCN(C(=O)c2cscn2)CC1. The van der Waals surface area contributed by atoms with E-state index in [1.807, 2.05) is 24.3 Å². The standard InChI is InChI=1S/C25H24F3N7O2S/c26-25(27,28)18-12-30-24(31-13-18)35-5-3-17-11-19(1-2-22(17)35)29-14-20(4-10-36)33-6-8-34(9-7-33)23(37)21-15-38-16-32-21/h1-3,5,10-13,15-16,20,29H,4,6-9,14H2. The molecule has 13 heteroatoms. The van der Waals surface area contributed by atoms with Gasteiger partial charge in [0.2, 0.25) is 5.95 Å². The Morgan fingerprint density at radius 1 is 1.11 bits per heavy atom. The highest BCUT2D eigenvalue weighted by Crippen LogP contribution is 2.29. The first-order chi connectivity index (χ1) is 18.3. The summed E-state index contributed by atoms with van der Waals surface area (Å²) >= 11 is 1.39. The fourth-order valence-electron chi connectivity index (χ4n) is 4.50. The summed E-state index contributed by atoms with van der Waals surface area (Å²) in [5.74, 6) is 0.0741. The van der Waals surface area contributed by atoms with Gasteiger partial charge in [-0.05, 0) is 24.3 Å². The third kappa shape index (κ3) is 5.53. The average Bonchev–Trinajstić information content (AvgIpc) is 3.61. The molecular weight excluding hydrogens is 519 g/mol. The quantitative estimate of drug-likeness (QED) is 0.339. The lowest BCUT2D eigenvalue weighted by Gasteiger charge is -2.38. The number of nitrogens with zero attached hydrogens (tertiary/aromatic N) is 6. The lowest BCUT2D eigenvalue weighted by molar-refractivity contribution is -0.138. The summed E-state index contributed by atoms with van der Waals surface area (Å²) in [6.07, 6.45) is 0.0201. The van der Waals surface area contributed by atoms with Crippen molar-refractivity contribution >= 4 is 40.1 Å². The number of amides is 1. The number of anilines is 1. The topological polar surface area (TPSA) is 96.3 Å². The molecule has 1 aromatic carbocycles. The molecule has 0 saturated carbocycles. The predicted molar refractivity (Wildman–Crippen MR) is 136 cm³/mol. The molecule has 1 aliphatic heterocycles. The van der Waals surface area contributed by atoms with Crippen molar-refractivity contribution in [2.75, 3.05) is 38.0 Å². The second kappa shape index (κ2) is 10.9. The Kier molecular flexibility index (Phi) is 7.38. The summed E-state index contributed by atoms with van der Waals surface area (Å²) in [5, 5.41) is 6.00. The highest BCUT2D eigenvalue weighted by Gasteiger charge is 2.31. The highest BCUT2D eigenvalue weighted by molar-refractivity contribution is 7.07. The minimum absolute atomic E-state index is 0.0372. The molecule has 9 nitrogen and oxygen atoms in total. The number of halogens is 3. The number of carbonyl (C=O) groups excluding carboxylic acids is 2. The van der Waals surface area contributed by atoms with E-state index < -0.39 is 11.7 Å². The number of aldehydes is 1.